The standard InChI is InChI=1S/C13H17FN2O3/c1-13(2,8-3-5-9(14)6-4-8)7-16-11(17)10(15)12(18)19/h3-6,10H,7,15H2,1-2H3,(H,16,17)(H,18,19). The van der Waals surface area contributed by atoms with Gasteiger partial charge in [0.05, 0.1) is 0 Å². The fourth-order valence-corrected chi connectivity index (χ4v) is 1.53. The van der Waals surface area contributed by atoms with E-state index in [4.69, 9.17) is 10.8 Å². The van der Waals surface area contributed by atoms with Crippen LogP contribution in [0.25, 0.3) is 0 Å². The molecule has 1 unspecified atom stereocenters. The molecule has 0 aromatic heterocycles. The number of halogens is 1. The van der Waals surface area contributed by atoms with Crippen LogP contribution in [0.3, 0.4) is 0 Å². The Balaban J connectivity index is 2.67. The number of nitrogens with one attached hydrogen (secondary N) is 1. The third-order valence-corrected chi connectivity index (χ3v) is 2.88. The van der Waals surface area contributed by atoms with Gasteiger partial charge in [-0.05, 0) is 17.7 Å². The van der Waals surface area contributed by atoms with Gasteiger partial charge in [0.2, 0.25) is 5.91 Å². The second-order valence-corrected chi connectivity index (χ2v) is 4.92. The SMILES string of the molecule is CC(C)(CNC(=O)C(N)C(=O)O)c1ccc(F)cc1. The Morgan fingerprint density at radius 1 is 1.37 bits per heavy atom. The van der Waals surface area contributed by atoms with Gasteiger partial charge in [0, 0.05) is 12.0 Å². The van der Waals surface area contributed by atoms with Gasteiger partial charge in [-0.25, -0.2) is 9.18 Å². The second kappa shape index (κ2) is 5.79. The minimum Gasteiger partial charge on any atom is -0.480 e. The van der Waals surface area contributed by atoms with Crippen LogP contribution in [0.4, 0.5) is 4.39 Å². The molecule has 0 saturated heterocycles. The molecule has 1 atom stereocenters. The average Bonchev–Trinajstić information content (AvgIpc) is 2.35. The minimum atomic E-state index is -1.58. The smallest absolute Gasteiger partial charge is 0.330 e. The first-order chi connectivity index (χ1) is 8.74. The number of carbonyl (C=O) groups is 2. The lowest BCUT2D eigenvalue weighted by Crippen LogP contribution is -2.48. The third-order valence-electron chi connectivity index (χ3n) is 2.88. The van der Waals surface area contributed by atoms with Crippen molar-refractivity contribution in [1.29, 1.82) is 0 Å². The number of rotatable bonds is 5. The summed E-state index contributed by atoms with van der Waals surface area (Å²) >= 11 is 0. The van der Waals surface area contributed by atoms with Gasteiger partial charge in [-0.2, -0.15) is 0 Å². The van der Waals surface area contributed by atoms with Crippen molar-refractivity contribution in [3.05, 3.63) is 35.6 Å². The highest BCUT2D eigenvalue weighted by atomic mass is 19.1. The molecule has 0 bridgehead atoms. The van der Waals surface area contributed by atoms with Crippen molar-refractivity contribution < 1.29 is 19.1 Å². The number of carboxylic acids is 1. The van der Waals surface area contributed by atoms with Crippen LogP contribution in [0.15, 0.2) is 24.3 Å². The highest BCUT2D eigenvalue weighted by Gasteiger charge is 2.25. The molecule has 0 aliphatic rings. The zero-order chi connectivity index (χ0) is 14.6. The minimum absolute atomic E-state index is 0.207. The average molecular weight is 268 g/mol. The summed E-state index contributed by atoms with van der Waals surface area (Å²) in [6.07, 6.45) is 0. The van der Waals surface area contributed by atoms with Crippen molar-refractivity contribution in [2.75, 3.05) is 6.54 Å². The van der Waals surface area contributed by atoms with E-state index in [1.807, 2.05) is 13.8 Å². The largest absolute Gasteiger partial charge is 0.480 e. The molecular formula is C13H17FN2O3. The van der Waals surface area contributed by atoms with E-state index in [9.17, 15) is 14.0 Å². The summed E-state index contributed by atoms with van der Waals surface area (Å²) in [6, 6.07) is 4.34. The fraction of sp³-hybridized carbons (Fsp3) is 0.385. The van der Waals surface area contributed by atoms with Crippen LogP contribution in [0.5, 0.6) is 0 Å². The number of amides is 1. The van der Waals surface area contributed by atoms with Crippen molar-refractivity contribution in [1.82, 2.24) is 5.32 Å². The Morgan fingerprint density at radius 3 is 2.37 bits per heavy atom. The molecule has 6 heteroatoms. The van der Waals surface area contributed by atoms with Crippen LogP contribution in [0, 0.1) is 5.82 Å². The first-order valence-corrected chi connectivity index (χ1v) is 5.76. The maximum atomic E-state index is 12.8. The number of hydrogen-bond acceptors (Lipinski definition) is 3. The number of nitrogens with two attached hydrogens (primary N) is 1. The molecule has 0 spiro atoms. The Bertz CT molecular complexity index is 471. The van der Waals surface area contributed by atoms with Gasteiger partial charge < -0.3 is 16.2 Å². The molecule has 1 aromatic carbocycles. The maximum Gasteiger partial charge on any atom is 0.330 e. The van der Waals surface area contributed by atoms with Gasteiger partial charge >= 0.3 is 5.97 Å². The Labute approximate surface area is 110 Å². The Hall–Kier alpha value is -1.95. The number of carbonyl (C=O) groups excluding carboxylic acids is 1. The van der Waals surface area contributed by atoms with Crippen LogP contribution < -0.4 is 11.1 Å². The molecule has 19 heavy (non-hydrogen) atoms. The van der Waals surface area contributed by atoms with Crippen LogP contribution >= 0.6 is 0 Å². The van der Waals surface area contributed by atoms with Crippen LogP contribution in [-0.4, -0.2) is 29.6 Å². The summed E-state index contributed by atoms with van der Waals surface area (Å²) in [6.45, 7) is 3.91. The Morgan fingerprint density at radius 2 is 1.89 bits per heavy atom. The van der Waals surface area contributed by atoms with Gasteiger partial charge in [0.1, 0.15) is 5.82 Å². The molecule has 4 N–H and O–H groups in total. The molecule has 104 valence electrons. The molecule has 1 rings (SSSR count). The lowest BCUT2D eigenvalue weighted by molar-refractivity contribution is -0.142. The first kappa shape index (κ1) is 15.1. The quantitative estimate of drug-likeness (QED) is 0.683. The van der Waals surface area contributed by atoms with Crippen molar-refractivity contribution in [2.45, 2.75) is 25.3 Å². The van der Waals surface area contributed by atoms with Crippen molar-refractivity contribution in [3.8, 4) is 0 Å². The third kappa shape index (κ3) is 4.03. The molecule has 1 aromatic rings. The lowest BCUT2D eigenvalue weighted by Gasteiger charge is -2.26. The number of hydrogen-bond donors (Lipinski definition) is 3. The zero-order valence-electron chi connectivity index (χ0n) is 10.8. The van der Waals surface area contributed by atoms with E-state index in [1.54, 1.807) is 12.1 Å². The molecule has 0 radical (unpaired) electrons. The van der Waals surface area contributed by atoms with Crippen molar-refractivity contribution in [3.63, 3.8) is 0 Å². The van der Waals surface area contributed by atoms with Crippen molar-refractivity contribution >= 4 is 11.9 Å². The van der Waals surface area contributed by atoms with Crippen LogP contribution in [0.1, 0.15) is 19.4 Å². The monoisotopic (exact) mass is 268 g/mol. The van der Waals surface area contributed by atoms with E-state index >= 15 is 0 Å². The van der Waals surface area contributed by atoms with Crippen molar-refractivity contribution in [2.24, 2.45) is 5.73 Å². The highest BCUT2D eigenvalue weighted by molar-refractivity contribution is 6.00. The molecule has 0 fully saturated rings. The number of aliphatic carboxylic acids is 1. The van der Waals surface area contributed by atoms with E-state index in [1.165, 1.54) is 12.1 Å². The summed E-state index contributed by atoms with van der Waals surface area (Å²) in [4.78, 5) is 22.0. The van der Waals surface area contributed by atoms with Gasteiger partial charge in [0.15, 0.2) is 6.04 Å². The fourth-order valence-electron chi connectivity index (χ4n) is 1.53. The van der Waals surface area contributed by atoms with E-state index in [0.29, 0.717) is 0 Å². The highest BCUT2D eigenvalue weighted by Crippen LogP contribution is 2.22. The summed E-state index contributed by atoms with van der Waals surface area (Å²) in [5, 5.41) is 11.1. The molecular weight excluding hydrogens is 251 g/mol. The van der Waals surface area contributed by atoms with Gasteiger partial charge in [0.25, 0.3) is 0 Å². The summed E-state index contributed by atoms with van der Waals surface area (Å²) in [7, 11) is 0. The molecule has 5 nitrogen and oxygen atoms in total. The summed E-state index contributed by atoms with van der Waals surface area (Å²) in [5.74, 6) is -2.46. The number of carboxylic acid groups (broad SMARTS) is 1. The van der Waals surface area contributed by atoms with E-state index in [-0.39, 0.29) is 12.4 Å². The lowest BCUT2D eigenvalue weighted by atomic mass is 9.84. The molecule has 1 amide bonds. The van der Waals surface area contributed by atoms with Gasteiger partial charge in [-0.3, -0.25) is 4.79 Å². The molecule has 0 aliphatic carbocycles. The second-order valence-electron chi connectivity index (χ2n) is 4.92. The Kier molecular flexibility index (Phi) is 4.61. The zero-order valence-corrected chi connectivity index (χ0v) is 10.8. The predicted molar refractivity (Wildman–Crippen MR) is 68.0 cm³/mol. The van der Waals surface area contributed by atoms with Crippen LogP contribution in [-0.2, 0) is 15.0 Å². The first-order valence-electron chi connectivity index (χ1n) is 5.76. The van der Waals surface area contributed by atoms with E-state index < -0.39 is 23.3 Å². The van der Waals surface area contributed by atoms with E-state index in [0.717, 1.165) is 5.56 Å². The maximum absolute atomic E-state index is 12.8. The van der Waals surface area contributed by atoms with Crippen LogP contribution in [0.2, 0.25) is 0 Å². The van der Waals surface area contributed by atoms with Gasteiger partial charge in [-0.1, -0.05) is 26.0 Å². The normalized spacial score (nSPS) is 12.8. The number of benzene rings is 1. The molecule has 0 heterocycles. The van der Waals surface area contributed by atoms with Gasteiger partial charge in [-0.15, -0.1) is 0 Å². The molecule has 0 saturated carbocycles. The summed E-state index contributed by atoms with van der Waals surface area (Å²) < 4.78 is 12.8. The molecule has 0 aliphatic heterocycles. The topological polar surface area (TPSA) is 92.4 Å². The summed E-state index contributed by atoms with van der Waals surface area (Å²) in [5.41, 5.74) is 5.56. The van der Waals surface area contributed by atoms with E-state index in [2.05, 4.69) is 5.32 Å². The predicted octanol–water partition coefficient (Wildman–Crippen LogP) is 0.631.